The Kier molecular flexibility index (Phi) is 4.78. The molecule has 1 aromatic rings. The highest BCUT2D eigenvalue weighted by Crippen LogP contribution is 2.33. The van der Waals surface area contributed by atoms with Crippen molar-refractivity contribution < 1.29 is 18.0 Å². The molecule has 0 spiro atoms. The summed E-state index contributed by atoms with van der Waals surface area (Å²) in [7, 11) is -4.03. The maximum atomic E-state index is 11.7. The van der Waals surface area contributed by atoms with E-state index >= 15 is 0 Å². The third kappa shape index (κ3) is 4.09. The molecule has 0 fully saturated rings. The number of anilines is 1. The van der Waals surface area contributed by atoms with Gasteiger partial charge in [0.05, 0.1) is 20.6 Å². The molecule has 0 heterocycles. The molecule has 0 bridgehead atoms. The van der Waals surface area contributed by atoms with E-state index in [2.05, 4.69) is 5.32 Å². The highest BCUT2D eigenvalue weighted by atomic mass is 35.5. The molecular formula is C10H10Cl2N2O4S. The van der Waals surface area contributed by atoms with Crippen LogP contribution in [0.2, 0.25) is 10.0 Å². The smallest absolute Gasteiger partial charge is 0.264 e. The second kappa shape index (κ2) is 5.77. The van der Waals surface area contributed by atoms with E-state index in [0.717, 1.165) is 19.1 Å². The summed E-state index contributed by atoms with van der Waals surface area (Å²) < 4.78 is 25.3. The Bertz CT molecular complexity index is 620. The Balaban J connectivity index is 3.28. The highest BCUT2D eigenvalue weighted by Gasteiger charge is 2.19. The molecule has 0 saturated heterocycles. The zero-order valence-corrected chi connectivity index (χ0v) is 12.3. The first-order valence-corrected chi connectivity index (χ1v) is 7.17. The largest absolute Gasteiger partial charge is 0.324 e. The second-order valence-corrected chi connectivity index (χ2v) is 6.10. The average Bonchev–Trinajstić information content (AvgIpc) is 2.20. The van der Waals surface area contributed by atoms with Crippen LogP contribution in [0.15, 0.2) is 17.0 Å². The van der Waals surface area contributed by atoms with E-state index in [-0.39, 0.29) is 20.6 Å². The molecule has 19 heavy (non-hydrogen) atoms. The highest BCUT2D eigenvalue weighted by molar-refractivity contribution is 7.90. The van der Waals surface area contributed by atoms with E-state index < -0.39 is 21.8 Å². The molecule has 1 rings (SSSR count). The first-order valence-electron chi connectivity index (χ1n) is 4.93. The zero-order chi connectivity index (χ0) is 14.8. The topological polar surface area (TPSA) is 92.3 Å². The van der Waals surface area contributed by atoms with Crippen molar-refractivity contribution in [1.82, 2.24) is 4.72 Å². The number of carbonyl (C=O) groups is 2. The first-order chi connectivity index (χ1) is 8.63. The number of sulfonamides is 1. The Hall–Kier alpha value is -1.31. The summed E-state index contributed by atoms with van der Waals surface area (Å²) >= 11 is 11.7. The van der Waals surface area contributed by atoms with E-state index in [0.29, 0.717) is 0 Å². The fourth-order valence-electron chi connectivity index (χ4n) is 1.25. The lowest BCUT2D eigenvalue weighted by Gasteiger charge is -2.11. The lowest BCUT2D eigenvalue weighted by molar-refractivity contribution is -0.117. The van der Waals surface area contributed by atoms with E-state index in [9.17, 15) is 18.0 Å². The summed E-state index contributed by atoms with van der Waals surface area (Å²) in [4.78, 5) is 21.5. The van der Waals surface area contributed by atoms with Crippen LogP contribution in [0.5, 0.6) is 0 Å². The minimum Gasteiger partial charge on any atom is -0.324 e. The van der Waals surface area contributed by atoms with E-state index in [1.807, 2.05) is 0 Å². The molecule has 104 valence electrons. The van der Waals surface area contributed by atoms with Crippen molar-refractivity contribution in [3.05, 3.63) is 22.2 Å². The Morgan fingerprint density at radius 3 is 1.89 bits per heavy atom. The minimum atomic E-state index is -4.03. The van der Waals surface area contributed by atoms with Crippen LogP contribution in [0.4, 0.5) is 5.69 Å². The summed E-state index contributed by atoms with van der Waals surface area (Å²) in [5, 5.41) is 2.28. The van der Waals surface area contributed by atoms with Crippen LogP contribution in [0, 0.1) is 0 Å². The molecule has 2 N–H and O–H groups in total. The lowest BCUT2D eigenvalue weighted by atomic mass is 10.3. The molecule has 0 aromatic heterocycles. The minimum absolute atomic E-state index is 0.0494. The van der Waals surface area contributed by atoms with Gasteiger partial charge in [-0.1, -0.05) is 23.2 Å². The van der Waals surface area contributed by atoms with Crippen molar-refractivity contribution in [2.75, 3.05) is 5.32 Å². The van der Waals surface area contributed by atoms with Crippen molar-refractivity contribution in [1.29, 1.82) is 0 Å². The summed E-state index contributed by atoms with van der Waals surface area (Å²) in [5.74, 6) is -1.14. The van der Waals surface area contributed by atoms with Gasteiger partial charge in [-0.3, -0.25) is 9.59 Å². The quantitative estimate of drug-likeness (QED) is 0.886. The molecule has 6 nitrogen and oxygen atoms in total. The molecule has 0 radical (unpaired) electrons. The number of halogens is 2. The van der Waals surface area contributed by atoms with Crippen LogP contribution in [-0.2, 0) is 19.6 Å². The molecule has 0 unspecified atom stereocenters. The van der Waals surface area contributed by atoms with Crippen molar-refractivity contribution >= 4 is 50.7 Å². The number of hydrogen-bond acceptors (Lipinski definition) is 4. The average molecular weight is 325 g/mol. The first kappa shape index (κ1) is 15.7. The number of amides is 2. The van der Waals surface area contributed by atoms with Gasteiger partial charge in [0.25, 0.3) is 10.0 Å². The molecule has 0 saturated carbocycles. The van der Waals surface area contributed by atoms with E-state index in [1.165, 1.54) is 6.92 Å². The van der Waals surface area contributed by atoms with Crippen LogP contribution in [-0.4, -0.2) is 20.2 Å². The molecule has 0 aliphatic carbocycles. The van der Waals surface area contributed by atoms with Crippen LogP contribution < -0.4 is 10.0 Å². The number of hydrogen-bond donors (Lipinski definition) is 2. The SMILES string of the molecule is CC(=O)Nc1c(Cl)cc(S(=O)(=O)NC(C)=O)cc1Cl. The zero-order valence-electron chi connectivity index (χ0n) is 9.95. The maximum Gasteiger partial charge on any atom is 0.264 e. The van der Waals surface area contributed by atoms with Gasteiger partial charge in [0.2, 0.25) is 11.8 Å². The van der Waals surface area contributed by atoms with Gasteiger partial charge >= 0.3 is 0 Å². The van der Waals surface area contributed by atoms with Gasteiger partial charge in [0, 0.05) is 13.8 Å². The summed E-state index contributed by atoms with van der Waals surface area (Å²) in [6.45, 7) is 2.32. The summed E-state index contributed by atoms with van der Waals surface area (Å²) in [6, 6.07) is 2.17. The second-order valence-electron chi connectivity index (χ2n) is 3.60. The Morgan fingerprint density at radius 1 is 1.05 bits per heavy atom. The van der Waals surface area contributed by atoms with Crippen LogP contribution >= 0.6 is 23.2 Å². The Morgan fingerprint density at radius 2 is 1.53 bits per heavy atom. The Labute approximate surface area is 120 Å². The van der Waals surface area contributed by atoms with E-state index in [4.69, 9.17) is 23.2 Å². The van der Waals surface area contributed by atoms with Crippen molar-refractivity contribution in [3.63, 3.8) is 0 Å². The van der Waals surface area contributed by atoms with Gasteiger partial charge in [-0.05, 0) is 12.1 Å². The van der Waals surface area contributed by atoms with Crippen LogP contribution in [0.3, 0.4) is 0 Å². The predicted octanol–water partition coefficient (Wildman–Crippen LogP) is 1.78. The summed E-state index contributed by atoms with van der Waals surface area (Å²) in [6.07, 6.45) is 0. The molecule has 9 heteroatoms. The number of rotatable bonds is 3. The molecule has 0 aliphatic heterocycles. The normalized spacial score (nSPS) is 10.9. The maximum absolute atomic E-state index is 11.7. The molecule has 2 amide bonds. The molecular weight excluding hydrogens is 315 g/mol. The third-order valence-corrected chi connectivity index (χ3v) is 3.91. The van der Waals surface area contributed by atoms with Crippen molar-refractivity contribution in [2.24, 2.45) is 0 Å². The number of benzene rings is 1. The number of carbonyl (C=O) groups excluding carboxylic acids is 2. The number of nitrogens with one attached hydrogen (secondary N) is 2. The van der Waals surface area contributed by atoms with Crippen molar-refractivity contribution in [3.8, 4) is 0 Å². The third-order valence-electron chi connectivity index (χ3n) is 1.91. The molecule has 0 atom stereocenters. The standard InChI is InChI=1S/C10H10Cl2N2O4S/c1-5(15)13-10-8(11)3-7(4-9(10)12)19(17,18)14-6(2)16/h3-4H,1-2H3,(H,13,15)(H,14,16). The monoisotopic (exact) mass is 324 g/mol. The lowest BCUT2D eigenvalue weighted by Crippen LogP contribution is -2.28. The van der Waals surface area contributed by atoms with Crippen LogP contribution in [0.1, 0.15) is 13.8 Å². The van der Waals surface area contributed by atoms with Gasteiger partial charge in [0.1, 0.15) is 0 Å². The van der Waals surface area contributed by atoms with Crippen molar-refractivity contribution in [2.45, 2.75) is 18.7 Å². The fraction of sp³-hybridized carbons (Fsp3) is 0.200. The fourth-order valence-corrected chi connectivity index (χ4v) is 3.00. The van der Waals surface area contributed by atoms with Gasteiger partial charge in [0.15, 0.2) is 0 Å². The van der Waals surface area contributed by atoms with Gasteiger partial charge < -0.3 is 5.32 Å². The predicted molar refractivity (Wildman–Crippen MR) is 71.8 cm³/mol. The van der Waals surface area contributed by atoms with Crippen LogP contribution in [0.25, 0.3) is 0 Å². The van der Waals surface area contributed by atoms with Gasteiger partial charge in [-0.25, -0.2) is 13.1 Å². The molecule has 0 aliphatic rings. The van der Waals surface area contributed by atoms with Gasteiger partial charge in [-0.15, -0.1) is 0 Å². The molecule has 1 aromatic carbocycles. The summed E-state index contributed by atoms with van der Waals surface area (Å²) in [5.41, 5.74) is 0.109. The van der Waals surface area contributed by atoms with E-state index in [1.54, 1.807) is 4.72 Å². The van der Waals surface area contributed by atoms with Gasteiger partial charge in [-0.2, -0.15) is 0 Å².